The monoisotopic (exact) mass is 271 g/mol. The van der Waals surface area contributed by atoms with Crippen LogP contribution in [0.2, 0.25) is 0 Å². The third-order valence-corrected chi connectivity index (χ3v) is 3.81. The highest BCUT2D eigenvalue weighted by atomic mass is 16.5. The number of hydrogen-bond acceptors (Lipinski definition) is 4. The van der Waals surface area contributed by atoms with Crippen LogP contribution >= 0.6 is 0 Å². The van der Waals surface area contributed by atoms with Gasteiger partial charge in [-0.15, -0.1) is 0 Å². The molecule has 1 saturated heterocycles. The van der Waals surface area contributed by atoms with E-state index in [0.29, 0.717) is 5.41 Å². The lowest BCUT2D eigenvalue weighted by atomic mass is 9.73. The van der Waals surface area contributed by atoms with Gasteiger partial charge in [-0.2, -0.15) is 0 Å². The molecule has 114 valence electrons. The molecular weight excluding hydrogens is 238 g/mol. The quantitative estimate of drug-likeness (QED) is 0.706. The van der Waals surface area contributed by atoms with Crippen LogP contribution in [0.3, 0.4) is 0 Å². The second-order valence-corrected chi connectivity index (χ2v) is 7.25. The molecule has 0 radical (unpaired) electrons. The molecule has 4 heteroatoms. The SMILES string of the molecule is CN(C)CCNCC1(CN(C)C)CCOC(C)(C)C1. The molecule has 0 aliphatic carbocycles. The van der Waals surface area contributed by atoms with Gasteiger partial charge in [0.1, 0.15) is 0 Å². The minimum absolute atomic E-state index is 0.0114. The Morgan fingerprint density at radius 3 is 2.32 bits per heavy atom. The molecular formula is C15H33N3O. The Bertz CT molecular complexity index is 266. The number of nitrogens with one attached hydrogen (secondary N) is 1. The Morgan fingerprint density at radius 2 is 1.79 bits per heavy atom. The summed E-state index contributed by atoms with van der Waals surface area (Å²) in [6, 6.07) is 0. The maximum absolute atomic E-state index is 5.89. The fraction of sp³-hybridized carbons (Fsp3) is 1.00. The number of ether oxygens (including phenoxy) is 1. The lowest BCUT2D eigenvalue weighted by Gasteiger charge is -2.46. The Balaban J connectivity index is 2.55. The van der Waals surface area contributed by atoms with E-state index < -0.39 is 0 Å². The van der Waals surface area contributed by atoms with Crippen LogP contribution < -0.4 is 5.32 Å². The van der Waals surface area contributed by atoms with E-state index in [2.05, 4.69) is 57.2 Å². The summed E-state index contributed by atoms with van der Waals surface area (Å²) in [5.74, 6) is 0. The molecule has 0 bridgehead atoms. The summed E-state index contributed by atoms with van der Waals surface area (Å²) in [7, 11) is 8.58. The number of nitrogens with zero attached hydrogens (tertiary/aromatic N) is 2. The first-order valence-electron chi connectivity index (χ1n) is 7.39. The van der Waals surface area contributed by atoms with Crippen LogP contribution in [0.5, 0.6) is 0 Å². The van der Waals surface area contributed by atoms with E-state index in [9.17, 15) is 0 Å². The maximum atomic E-state index is 5.89. The smallest absolute Gasteiger partial charge is 0.0632 e. The van der Waals surface area contributed by atoms with E-state index in [1.54, 1.807) is 0 Å². The average molecular weight is 271 g/mol. The molecule has 19 heavy (non-hydrogen) atoms. The molecule has 0 saturated carbocycles. The number of hydrogen-bond donors (Lipinski definition) is 1. The molecule has 0 aromatic heterocycles. The van der Waals surface area contributed by atoms with Crippen LogP contribution in [0.1, 0.15) is 26.7 Å². The van der Waals surface area contributed by atoms with E-state index in [1.165, 1.54) is 0 Å². The molecule has 0 aromatic carbocycles. The van der Waals surface area contributed by atoms with Crippen molar-refractivity contribution in [3.05, 3.63) is 0 Å². The van der Waals surface area contributed by atoms with Crippen molar-refractivity contribution in [1.82, 2.24) is 15.1 Å². The van der Waals surface area contributed by atoms with Crippen LogP contribution in [0.25, 0.3) is 0 Å². The average Bonchev–Trinajstić information content (AvgIpc) is 2.21. The van der Waals surface area contributed by atoms with Crippen molar-refractivity contribution in [2.24, 2.45) is 5.41 Å². The molecule has 1 atom stereocenters. The first-order valence-corrected chi connectivity index (χ1v) is 7.39. The third-order valence-electron chi connectivity index (χ3n) is 3.81. The summed E-state index contributed by atoms with van der Waals surface area (Å²) < 4.78 is 5.89. The van der Waals surface area contributed by atoms with Gasteiger partial charge in [-0.3, -0.25) is 0 Å². The number of rotatable bonds is 7. The van der Waals surface area contributed by atoms with Crippen LogP contribution in [0.15, 0.2) is 0 Å². The number of likely N-dealkylation sites (N-methyl/N-ethyl adjacent to an activating group) is 1. The molecule has 0 amide bonds. The van der Waals surface area contributed by atoms with Gasteiger partial charge in [0.15, 0.2) is 0 Å². The van der Waals surface area contributed by atoms with E-state index in [1.807, 2.05) is 0 Å². The second kappa shape index (κ2) is 7.02. The summed E-state index contributed by atoms with van der Waals surface area (Å²) in [6.07, 6.45) is 2.29. The topological polar surface area (TPSA) is 27.7 Å². The van der Waals surface area contributed by atoms with Crippen molar-refractivity contribution >= 4 is 0 Å². The molecule has 1 aliphatic heterocycles. The molecule has 1 aliphatic rings. The lowest BCUT2D eigenvalue weighted by molar-refractivity contribution is -0.109. The van der Waals surface area contributed by atoms with E-state index >= 15 is 0 Å². The standard InChI is InChI=1S/C15H33N3O/c1-14(2)11-15(7-10-19-14,13-18(5)6)12-16-8-9-17(3)4/h16H,7-13H2,1-6H3. The Kier molecular flexibility index (Phi) is 6.24. The lowest BCUT2D eigenvalue weighted by Crippen LogP contribution is -2.51. The van der Waals surface area contributed by atoms with Gasteiger partial charge in [0.05, 0.1) is 5.60 Å². The highest BCUT2D eigenvalue weighted by Crippen LogP contribution is 2.38. The minimum Gasteiger partial charge on any atom is -0.376 e. The van der Waals surface area contributed by atoms with Gasteiger partial charge in [0.25, 0.3) is 0 Å². The predicted molar refractivity (Wildman–Crippen MR) is 81.7 cm³/mol. The van der Waals surface area contributed by atoms with E-state index in [0.717, 1.165) is 45.6 Å². The second-order valence-electron chi connectivity index (χ2n) is 7.25. The summed E-state index contributed by atoms with van der Waals surface area (Å²) in [5.41, 5.74) is 0.356. The largest absolute Gasteiger partial charge is 0.376 e. The van der Waals surface area contributed by atoms with Crippen molar-refractivity contribution in [2.45, 2.75) is 32.3 Å². The van der Waals surface area contributed by atoms with Crippen molar-refractivity contribution in [1.29, 1.82) is 0 Å². The van der Waals surface area contributed by atoms with Gasteiger partial charge in [-0.1, -0.05) is 0 Å². The maximum Gasteiger partial charge on any atom is 0.0632 e. The van der Waals surface area contributed by atoms with Crippen LogP contribution in [-0.4, -0.2) is 76.4 Å². The molecule has 4 nitrogen and oxygen atoms in total. The van der Waals surface area contributed by atoms with Gasteiger partial charge < -0.3 is 19.9 Å². The highest BCUT2D eigenvalue weighted by Gasteiger charge is 2.40. The summed E-state index contributed by atoms with van der Waals surface area (Å²) >= 11 is 0. The highest BCUT2D eigenvalue weighted by molar-refractivity contribution is 4.93. The van der Waals surface area contributed by atoms with Gasteiger partial charge in [0.2, 0.25) is 0 Å². The van der Waals surface area contributed by atoms with Gasteiger partial charge >= 0.3 is 0 Å². The van der Waals surface area contributed by atoms with E-state index in [4.69, 9.17) is 4.74 Å². The molecule has 0 aromatic rings. The van der Waals surface area contributed by atoms with Crippen molar-refractivity contribution in [2.75, 3.05) is 61.0 Å². The van der Waals surface area contributed by atoms with Crippen LogP contribution in [0.4, 0.5) is 0 Å². The van der Waals surface area contributed by atoms with Gasteiger partial charge in [-0.25, -0.2) is 0 Å². The fourth-order valence-electron chi connectivity index (χ4n) is 3.26. The van der Waals surface area contributed by atoms with E-state index in [-0.39, 0.29) is 5.60 Å². The summed E-state index contributed by atoms with van der Waals surface area (Å²) in [6.45, 7) is 9.70. The zero-order valence-electron chi connectivity index (χ0n) is 13.8. The van der Waals surface area contributed by atoms with Crippen molar-refractivity contribution < 1.29 is 4.74 Å². The zero-order chi connectivity index (χ0) is 14.5. The zero-order valence-corrected chi connectivity index (χ0v) is 13.8. The first-order chi connectivity index (χ1) is 8.75. The normalized spacial score (nSPS) is 27.2. The van der Waals surface area contributed by atoms with Crippen LogP contribution in [-0.2, 0) is 4.74 Å². The Labute approximate surface area is 119 Å². The first kappa shape index (κ1) is 16.9. The van der Waals surface area contributed by atoms with Crippen molar-refractivity contribution in [3.63, 3.8) is 0 Å². The fourth-order valence-corrected chi connectivity index (χ4v) is 3.26. The molecule has 0 spiro atoms. The summed E-state index contributed by atoms with van der Waals surface area (Å²) in [5, 5.41) is 3.65. The Hall–Kier alpha value is -0.160. The molecule has 1 rings (SSSR count). The molecule has 1 fully saturated rings. The van der Waals surface area contributed by atoms with Gasteiger partial charge in [0, 0.05) is 38.2 Å². The Morgan fingerprint density at radius 1 is 1.11 bits per heavy atom. The van der Waals surface area contributed by atoms with Crippen LogP contribution in [0, 0.1) is 5.41 Å². The third kappa shape index (κ3) is 6.21. The molecule has 1 unspecified atom stereocenters. The minimum atomic E-state index is 0.0114. The van der Waals surface area contributed by atoms with Gasteiger partial charge in [-0.05, 0) is 54.9 Å². The molecule has 1 N–H and O–H groups in total. The predicted octanol–water partition coefficient (Wildman–Crippen LogP) is 1.27. The molecule has 1 heterocycles. The van der Waals surface area contributed by atoms with Crippen molar-refractivity contribution in [3.8, 4) is 0 Å². The summed E-state index contributed by atoms with van der Waals surface area (Å²) in [4.78, 5) is 4.54.